The third kappa shape index (κ3) is 4.60. The van der Waals surface area contributed by atoms with E-state index in [-0.39, 0.29) is 0 Å². The van der Waals surface area contributed by atoms with Gasteiger partial charge in [0.25, 0.3) is 0 Å². The molecule has 2 aromatic carbocycles. The third-order valence-electron chi connectivity index (χ3n) is 4.18. The first-order chi connectivity index (χ1) is 11.3. The normalized spacial score (nSPS) is 15.2. The largest absolute Gasteiger partial charge is 0.493 e. The summed E-state index contributed by atoms with van der Waals surface area (Å²) >= 11 is 0. The third-order valence-corrected chi connectivity index (χ3v) is 4.18. The van der Waals surface area contributed by atoms with E-state index < -0.39 is 0 Å². The molecule has 1 heterocycles. The highest BCUT2D eigenvalue weighted by Crippen LogP contribution is 2.22. The summed E-state index contributed by atoms with van der Waals surface area (Å²) in [5.74, 6) is 0.856. The van der Waals surface area contributed by atoms with Crippen LogP contribution >= 0.6 is 0 Å². The predicted octanol–water partition coefficient (Wildman–Crippen LogP) is 3.83. The SMILES string of the molecule is Nc1cccc(OCCCN2CC=C(c3ccccc3)CC2)c1. The second kappa shape index (κ2) is 7.84. The highest BCUT2D eigenvalue weighted by Gasteiger charge is 2.12. The molecule has 1 aliphatic rings. The molecule has 0 aliphatic carbocycles. The Morgan fingerprint density at radius 2 is 1.91 bits per heavy atom. The van der Waals surface area contributed by atoms with Crippen molar-refractivity contribution in [2.24, 2.45) is 0 Å². The molecule has 3 nitrogen and oxygen atoms in total. The van der Waals surface area contributed by atoms with E-state index in [2.05, 4.69) is 41.3 Å². The van der Waals surface area contributed by atoms with Gasteiger partial charge in [-0.1, -0.05) is 42.5 Å². The molecule has 0 radical (unpaired) electrons. The lowest BCUT2D eigenvalue weighted by Gasteiger charge is -2.26. The van der Waals surface area contributed by atoms with Gasteiger partial charge in [-0.3, -0.25) is 4.90 Å². The monoisotopic (exact) mass is 308 g/mol. The van der Waals surface area contributed by atoms with Crippen LogP contribution in [0, 0.1) is 0 Å². The number of hydrogen-bond donors (Lipinski definition) is 1. The maximum Gasteiger partial charge on any atom is 0.121 e. The number of nitrogens with two attached hydrogens (primary N) is 1. The summed E-state index contributed by atoms with van der Waals surface area (Å²) < 4.78 is 5.75. The molecule has 3 rings (SSSR count). The molecule has 3 heteroatoms. The summed E-state index contributed by atoms with van der Waals surface area (Å²) in [5, 5.41) is 0. The predicted molar refractivity (Wildman–Crippen MR) is 96.4 cm³/mol. The van der Waals surface area contributed by atoms with Gasteiger partial charge in [0.05, 0.1) is 6.61 Å². The van der Waals surface area contributed by atoms with Gasteiger partial charge in [0.1, 0.15) is 5.75 Å². The molecule has 0 spiro atoms. The van der Waals surface area contributed by atoms with Crippen molar-refractivity contribution >= 4 is 11.3 Å². The first kappa shape index (κ1) is 15.6. The standard InChI is InChI=1S/C20H24N2O/c21-19-8-4-9-20(16-19)23-15-5-12-22-13-10-18(11-14-22)17-6-2-1-3-7-17/h1-4,6-10,16H,5,11-15,21H2. The Labute approximate surface area is 138 Å². The molecular weight excluding hydrogens is 284 g/mol. The molecule has 0 fully saturated rings. The molecule has 0 saturated carbocycles. The number of nitrogens with zero attached hydrogens (tertiary/aromatic N) is 1. The molecule has 23 heavy (non-hydrogen) atoms. The lowest BCUT2D eigenvalue weighted by molar-refractivity contribution is 0.248. The number of benzene rings is 2. The van der Waals surface area contributed by atoms with Crippen molar-refractivity contribution in [3.8, 4) is 5.75 Å². The summed E-state index contributed by atoms with van der Waals surface area (Å²) in [6, 6.07) is 18.3. The molecule has 0 amide bonds. The van der Waals surface area contributed by atoms with Crippen molar-refractivity contribution in [1.82, 2.24) is 4.90 Å². The quantitative estimate of drug-likeness (QED) is 0.651. The summed E-state index contributed by atoms with van der Waals surface area (Å²) in [5.41, 5.74) is 9.32. The average molecular weight is 308 g/mol. The van der Waals surface area contributed by atoms with Gasteiger partial charge >= 0.3 is 0 Å². The van der Waals surface area contributed by atoms with Crippen LogP contribution in [0.15, 0.2) is 60.7 Å². The van der Waals surface area contributed by atoms with E-state index in [0.29, 0.717) is 0 Å². The molecule has 0 aromatic heterocycles. The van der Waals surface area contributed by atoms with Crippen molar-refractivity contribution in [1.29, 1.82) is 0 Å². The minimum absolute atomic E-state index is 0.731. The summed E-state index contributed by atoms with van der Waals surface area (Å²) in [4.78, 5) is 2.48. The Bertz CT molecular complexity index is 652. The van der Waals surface area contributed by atoms with Gasteiger partial charge in [0, 0.05) is 31.4 Å². The number of anilines is 1. The van der Waals surface area contributed by atoms with E-state index >= 15 is 0 Å². The van der Waals surface area contributed by atoms with Crippen molar-refractivity contribution in [2.45, 2.75) is 12.8 Å². The van der Waals surface area contributed by atoms with E-state index in [1.165, 1.54) is 11.1 Å². The first-order valence-corrected chi connectivity index (χ1v) is 8.26. The first-order valence-electron chi connectivity index (χ1n) is 8.26. The van der Waals surface area contributed by atoms with E-state index in [4.69, 9.17) is 10.5 Å². The molecular formula is C20H24N2O. The zero-order chi connectivity index (χ0) is 15.9. The molecule has 1 aliphatic heterocycles. The van der Waals surface area contributed by atoms with Crippen LogP contribution < -0.4 is 10.5 Å². The van der Waals surface area contributed by atoms with Gasteiger partial charge < -0.3 is 10.5 Å². The van der Waals surface area contributed by atoms with Crippen LogP contribution in [0.2, 0.25) is 0 Å². The summed E-state index contributed by atoms with van der Waals surface area (Å²) in [6.07, 6.45) is 4.51. The molecule has 120 valence electrons. The molecule has 2 aromatic rings. The Morgan fingerprint density at radius 1 is 1.04 bits per heavy atom. The Hall–Kier alpha value is -2.26. The molecule has 0 bridgehead atoms. The minimum Gasteiger partial charge on any atom is -0.493 e. The van der Waals surface area contributed by atoms with Gasteiger partial charge in [-0.25, -0.2) is 0 Å². The van der Waals surface area contributed by atoms with Gasteiger partial charge in [-0.15, -0.1) is 0 Å². The zero-order valence-corrected chi connectivity index (χ0v) is 13.4. The van der Waals surface area contributed by atoms with E-state index in [1.54, 1.807) is 0 Å². The Balaban J connectivity index is 1.40. The summed E-state index contributed by atoms with van der Waals surface area (Å²) in [7, 11) is 0. The number of ether oxygens (including phenoxy) is 1. The van der Waals surface area contributed by atoms with Crippen molar-refractivity contribution < 1.29 is 4.74 Å². The van der Waals surface area contributed by atoms with Crippen LogP contribution in [-0.4, -0.2) is 31.1 Å². The second-order valence-electron chi connectivity index (χ2n) is 5.92. The lowest BCUT2D eigenvalue weighted by Crippen LogP contribution is -2.30. The van der Waals surface area contributed by atoms with Crippen LogP contribution in [0.5, 0.6) is 5.75 Å². The topological polar surface area (TPSA) is 38.5 Å². The Kier molecular flexibility index (Phi) is 5.33. The van der Waals surface area contributed by atoms with Crippen LogP contribution in [0.1, 0.15) is 18.4 Å². The fraction of sp³-hybridized carbons (Fsp3) is 0.300. The summed E-state index contributed by atoms with van der Waals surface area (Å²) in [6.45, 7) is 3.96. The van der Waals surface area contributed by atoms with Crippen LogP contribution in [0.3, 0.4) is 0 Å². The highest BCUT2D eigenvalue weighted by atomic mass is 16.5. The fourth-order valence-corrected chi connectivity index (χ4v) is 2.91. The van der Waals surface area contributed by atoms with Crippen molar-refractivity contribution in [3.05, 3.63) is 66.2 Å². The Morgan fingerprint density at radius 3 is 2.65 bits per heavy atom. The van der Waals surface area contributed by atoms with Gasteiger partial charge in [-0.05, 0) is 36.1 Å². The van der Waals surface area contributed by atoms with E-state index in [1.807, 2.05) is 24.3 Å². The van der Waals surface area contributed by atoms with Gasteiger partial charge in [0.15, 0.2) is 0 Å². The molecule has 0 saturated heterocycles. The number of nitrogen functional groups attached to an aromatic ring is 1. The van der Waals surface area contributed by atoms with Crippen LogP contribution in [0.4, 0.5) is 5.69 Å². The average Bonchev–Trinajstić information content (AvgIpc) is 2.60. The van der Waals surface area contributed by atoms with E-state index in [9.17, 15) is 0 Å². The van der Waals surface area contributed by atoms with Crippen LogP contribution in [-0.2, 0) is 0 Å². The number of rotatable bonds is 6. The molecule has 0 unspecified atom stereocenters. The number of hydrogen-bond acceptors (Lipinski definition) is 3. The maximum absolute atomic E-state index is 5.75. The minimum atomic E-state index is 0.731. The lowest BCUT2D eigenvalue weighted by atomic mass is 9.99. The highest BCUT2D eigenvalue weighted by molar-refractivity contribution is 5.66. The molecule has 2 N–H and O–H groups in total. The van der Waals surface area contributed by atoms with Crippen molar-refractivity contribution in [2.75, 3.05) is 32.0 Å². The van der Waals surface area contributed by atoms with Crippen molar-refractivity contribution in [3.63, 3.8) is 0 Å². The maximum atomic E-state index is 5.75. The smallest absolute Gasteiger partial charge is 0.121 e. The second-order valence-corrected chi connectivity index (χ2v) is 5.92. The fourth-order valence-electron chi connectivity index (χ4n) is 2.91. The van der Waals surface area contributed by atoms with E-state index in [0.717, 1.165) is 50.5 Å². The molecule has 0 atom stereocenters. The van der Waals surface area contributed by atoms with Crippen LogP contribution in [0.25, 0.3) is 5.57 Å². The van der Waals surface area contributed by atoms with Gasteiger partial charge in [0.2, 0.25) is 0 Å². The van der Waals surface area contributed by atoms with Gasteiger partial charge in [-0.2, -0.15) is 0 Å². The zero-order valence-electron chi connectivity index (χ0n) is 13.4.